The Bertz CT molecular complexity index is 253. The highest BCUT2D eigenvalue weighted by Gasteiger charge is 2.20. The highest BCUT2D eigenvalue weighted by Crippen LogP contribution is 2.26. The third kappa shape index (κ3) is 4.42. The second-order valence-corrected chi connectivity index (χ2v) is 6.68. The molecule has 0 aromatic rings. The fraction of sp³-hybridized carbons (Fsp3) is 1.00. The summed E-state index contributed by atoms with van der Waals surface area (Å²) < 4.78 is 22.0. The van der Waals surface area contributed by atoms with Gasteiger partial charge in [-0.1, -0.05) is 0 Å². The summed E-state index contributed by atoms with van der Waals surface area (Å²) in [5, 5.41) is 3.28. The molecule has 4 heteroatoms. The maximum atomic E-state index is 11.0. The molecule has 1 N–H and O–H groups in total. The van der Waals surface area contributed by atoms with Gasteiger partial charge in [0.2, 0.25) is 0 Å². The summed E-state index contributed by atoms with van der Waals surface area (Å²) in [5.41, 5.74) is 0. The van der Waals surface area contributed by atoms with Gasteiger partial charge in [-0.25, -0.2) is 8.42 Å². The normalized spacial score (nSPS) is 29.0. The zero-order chi connectivity index (χ0) is 10.6. The van der Waals surface area contributed by atoms with Crippen LogP contribution < -0.4 is 5.32 Å². The van der Waals surface area contributed by atoms with Crippen molar-refractivity contribution in [3.8, 4) is 0 Å². The lowest BCUT2D eigenvalue weighted by atomic mass is 9.85. The molecule has 0 bridgehead atoms. The molecule has 14 heavy (non-hydrogen) atoms. The van der Waals surface area contributed by atoms with Crippen LogP contribution in [0.25, 0.3) is 0 Å². The monoisotopic (exact) mass is 219 g/mol. The first kappa shape index (κ1) is 12.0. The van der Waals surface area contributed by atoms with Crippen molar-refractivity contribution in [2.24, 2.45) is 5.92 Å². The van der Waals surface area contributed by atoms with E-state index in [1.54, 1.807) is 0 Å². The maximum Gasteiger partial charge on any atom is 0.147 e. The van der Waals surface area contributed by atoms with Gasteiger partial charge in [-0.05, 0) is 45.1 Å². The van der Waals surface area contributed by atoms with E-state index in [1.807, 2.05) is 7.05 Å². The van der Waals surface area contributed by atoms with E-state index in [-0.39, 0.29) is 0 Å². The van der Waals surface area contributed by atoms with Crippen LogP contribution in [0, 0.1) is 5.92 Å². The molecule has 1 aliphatic carbocycles. The molecular weight excluding hydrogens is 198 g/mol. The van der Waals surface area contributed by atoms with E-state index in [9.17, 15) is 8.42 Å². The molecular formula is C10H21NO2S. The Morgan fingerprint density at radius 2 is 1.79 bits per heavy atom. The van der Waals surface area contributed by atoms with E-state index < -0.39 is 9.84 Å². The lowest BCUT2D eigenvalue weighted by molar-refractivity contribution is 0.296. The van der Waals surface area contributed by atoms with Crippen LogP contribution in [0.5, 0.6) is 0 Å². The quantitative estimate of drug-likeness (QED) is 0.773. The fourth-order valence-electron chi connectivity index (χ4n) is 2.12. The Kier molecular flexibility index (Phi) is 4.38. The molecule has 1 saturated carbocycles. The second-order valence-electron chi connectivity index (χ2n) is 4.42. The van der Waals surface area contributed by atoms with Gasteiger partial charge in [0, 0.05) is 12.3 Å². The summed E-state index contributed by atoms with van der Waals surface area (Å²) in [6, 6.07) is 0.657. The van der Waals surface area contributed by atoms with Crippen LogP contribution in [0.3, 0.4) is 0 Å². The first-order valence-electron chi connectivity index (χ1n) is 5.36. The first-order valence-corrected chi connectivity index (χ1v) is 7.42. The van der Waals surface area contributed by atoms with E-state index in [2.05, 4.69) is 5.32 Å². The molecule has 0 aromatic carbocycles. The average Bonchev–Trinajstić information content (AvgIpc) is 2.14. The van der Waals surface area contributed by atoms with Crippen LogP contribution >= 0.6 is 0 Å². The molecule has 0 unspecified atom stereocenters. The summed E-state index contributed by atoms with van der Waals surface area (Å²) in [5.74, 6) is 0.997. The number of rotatable bonds is 4. The molecule has 1 rings (SSSR count). The Hall–Kier alpha value is -0.0900. The van der Waals surface area contributed by atoms with Crippen molar-refractivity contribution in [2.45, 2.75) is 38.1 Å². The molecule has 1 aliphatic rings. The number of sulfone groups is 1. The second kappa shape index (κ2) is 5.12. The Morgan fingerprint density at radius 1 is 1.21 bits per heavy atom. The van der Waals surface area contributed by atoms with Crippen molar-refractivity contribution in [3.63, 3.8) is 0 Å². The average molecular weight is 219 g/mol. The largest absolute Gasteiger partial charge is 0.317 e. The Morgan fingerprint density at radius 3 is 2.21 bits per heavy atom. The third-order valence-electron chi connectivity index (χ3n) is 3.15. The van der Waals surface area contributed by atoms with Gasteiger partial charge in [0.1, 0.15) is 9.84 Å². The van der Waals surface area contributed by atoms with Gasteiger partial charge in [0.05, 0.1) is 5.75 Å². The number of hydrogen-bond donors (Lipinski definition) is 1. The minimum atomic E-state index is -2.76. The van der Waals surface area contributed by atoms with Gasteiger partial charge >= 0.3 is 0 Å². The van der Waals surface area contributed by atoms with Gasteiger partial charge in [0.25, 0.3) is 0 Å². The summed E-state index contributed by atoms with van der Waals surface area (Å²) in [6.07, 6.45) is 6.94. The molecule has 0 saturated heterocycles. The highest BCUT2D eigenvalue weighted by atomic mass is 32.2. The molecule has 0 heterocycles. The first-order chi connectivity index (χ1) is 6.51. The Labute approximate surface area is 87.2 Å². The Balaban J connectivity index is 2.23. The van der Waals surface area contributed by atoms with Crippen molar-refractivity contribution < 1.29 is 8.42 Å². The lowest BCUT2D eigenvalue weighted by Gasteiger charge is -2.27. The SMILES string of the molecule is CNC1CCC(CCS(C)(=O)=O)CC1. The molecule has 1 fully saturated rings. The van der Waals surface area contributed by atoms with Crippen LogP contribution in [0.1, 0.15) is 32.1 Å². The van der Waals surface area contributed by atoms with E-state index in [0.29, 0.717) is 17.7 Å². The molecule has 0 atom stereocenters. The zero-order valence-electron chi connectivity index (χ0n) is 9.12. The molecule has 3 nitrogen and oxygen atoms in total. The molecule has 0 aliphatic heterocycles. The van der Waals surface area contributed by atoms with E-state index in [1.165, 1.54) is 31.9 Å². The standard InChI is InChI=1S/C10H21NO2S/c1-11-10-5-3-9(4-6-10)7-8-14(2,12)13/h9-11H,3-8H2,1-2H3. The zero-order valence-corrected chi connectivity index (χ0v) is 9.94. The van der Waals surface area contributed by atoms with Gasteiger partial charge in [-0.2, -0.15) is 0 Å². The molecule has 0 spiro atoms. The maximum absolute atomic E-state index is 11.0. The van der Waals surface area contributed by atoms with Gasteiger partial charge in [-0.3, -0.25) is 0 Å². The number of nitrogens with one attached hydrogen (secondary N) is 1. The van der Waals surface area contributed by atoms with Crippen molar-refractivity contribution in [3.05, 3.63) is 0 Å². The van der Waals surface area contributed by atoms with Crippen molar-refractivity contribution in [2.75, 3.05) is 19.1 Å². The minimum absolute atomic E-state index is 0.363. The van der Waals surface area contributed by atoms with Gasteiger partial charge in [0.15, 0.2) is 0 Å². The van der Waals surface area contributed by atoms with Crippen molar-refractivity contribution in [1.29, 1.82) is 0 Å². The van der Waals surface area contributed by atoms with Crippen molar-refractivity contribution >= 4 is 9.84 Å². The van der Waals surface area contributed by atoms with E-state index in [0.717, 1.165) is 6.42 Å². The van der Waals surface area contributed by atoms with Crippen molar-refractivity contribution in [1.82, 2.24) is 5.32 Å². The fourth-order valence-corrected chi connectivity index (χ4v) is 2.88. The highest BCUT2D eigenvalue weighted by molar-refractivity contribution is 7.90. The summed E-state index contributed by atoms with van der Waals surface area (Å²) >= 11 is 0. The molecule has 84 valence electrons. The predicted molar refractivity (Wildman–Crippen MR) is 59.1 cm³/mol. The minimum Gasteiger partial charge on any atom is -0.317 e. The third-order valence-corrected chi connectivity index (χ3v) is 4.13. The molecule has 0 amide bonds. The molecule has 0 aromatic heterocycles. The van der Waals surface area contributed by atoms with Crippen LogP contribution in [-0.2, 0) is 9.84 Å². The molecule has 0 radical (unpaired) electrons. The lowest BCUT2D eigenvalue weighted by Crippen LogP contribution is -2.30. The van der Waals surface area contributed by atoms with Crippen LogP contribution in [0.2, 0.25) is 0 Å². The van der Waals surface area contributed by atoms with Crippen LogP contribution in [0.15, 0.2) is 0 Å². The number of hydrogen-bond acceptors (Lipinski definition) is 3. The predicted octanol–water partition coefficient (Wildman–Crippen LogP) is 1.20. The summed E-state index contributed by atoms with van der Waals surface area (Å²) in [6.45, 7) is 0. The smallest absolute Gasteiger partial charge is 0.147 e. The van der Waals surface area contributed by atoms with Gasteiger partial charge in [-0.15, -0.1) is 0 Å². The topological polar surface area (TPSA) is 46.2 Å². The van der Waals surface area contributed by atoms with Crippen LogP contribution in [-0.4, -0.2) is 33.5 Å². The van der Waals surface area contributed by atoms with Gasteiger partial charge < -0.3 is 5.32 Å². The van der Waals surface area contributed by atoms with E-state index >= 15 is 0 Å². The van der Waals surface area contributed by atoms with Crippen LogP contribution in [0.4, 0.5) is 0 Å². The summed E-state index contributed by atoms with van der Waals surface area (Å²) in [4.78, 5) is 0. The van der Waals surface area contributed by atoms with E-state index in [4.69, 9.17) is 0 Å². The summed E-state index contributed by atoms with van der Waals surface area (Å²) in [7, 11) is -0.757.